The van der Waals surface area contributed by atoms with Crippen LogP contribution < -0.4 is 10.1 Å². The van der Waals surface area contributed by atoms with Crippen LogP contribution in [0, 0.1) is 0 Å². The van der Waals surface area contributed by atoms with Gasteiger partial charge in [0, 0.05) is 33.2 Å². The molecule has 0 aliphatic carbocycles. The third-order valence-corrected chi connectivity index (χ3v) is 3.65. The molecular formula is C16H25NO3. The molecule has 0 amide bonds. The lowest BCUT2D eigenvalue weighted by molar-refractivity contribution is -0.0159. The van der Waals surface area contributed by atoms with Gasteiger partial charge in [-0.3, -0.25) is 0 Å². The van der Waals surface area contributed by atoms with Crippen LogP contribution in [-0.4, -0.2) is 39.1 Å². The van der Waals surface area contributed by atoms with Gasteiger partial charge in [0.1, 0.15) is 11.4 Å². The lowest BCUT2D eigenvalue weighted by atomic mass is 10.0. The van der Waals surface area contributed by atoms with E-state index in [1.54, 1.807) is 7.11 Å². The minimum Gasteiger partial charge on any atom is -0.494 e. The van der Waals surface area contributed by atoms with Gasteiger partial charge in [0.05, 0.1) is 13.2 Å². The van der Waals surface area contributed by atoms with E-state index in [0.29, 0.717) is 6.61 Å². The SMILES string of the molecule is CCCOc1cccc(CNCC2(OC)CCOC2)c1. The molecule has 112 valence electrons. The second-order valence-electron chi connectivity index (χ2n) is 5.29. The number of nitrogens with one attached hydrogen (secondary N) is 1. The number of benzene rings is 1. The molecular weight excluding hydrogens is 254 g/mol. The Kier molecular flexibility index (Phi) is 5.83. The third kappa shape index (κ3) is 4.20. The average Bonchev–Trinajstić information content (AvgIpc) is 2.95. The Hall–Kier alpha value is -1.10. The van der Waals surface area contributed by atoms with Gasteiger partial charge < -0.3 is 19.5 Å². The summed E-state index contributed by atoms with van der Waals surface area (Å²) in [5.41, 5.74) is 1.07. The molecule has 1 aliphatic rings. The maximum absolute atomic E-state index is 5.64. The summed E-state index contributed by atoms with van der Waals surface area (Å²) in [6.07, 6.45) is 1.98. The molecule has 4 nitrogen and oxygen atoms in total. The molecule has 0 spiro atoms. The summed E-state index contributed by atoms with van der Waals surface area (Å²) < 4.78 is 16.7. The van der Waals surface area contributed by atoms with Crippen molar-refractivity contribution in [3.05, 3.63) is 29.8 Å². The monoisotopic (exact) mass is 279 g/mol. The van der Waals surface area contributed by atoms with E-state index in [9.17, 15) is 0 Å². The molecule has 0 bridgehead atoms. The largest absolute Gasteiger partial charge is 0.494 e. The summed E-state index contributed by atoms with van der Waals surface area (Å²) in [7, 11) is 1.76. The highest BCUT2D eigenvalue weighted by Gasteiger charge is 2.34. The van der Waals surface area contributed by atoms with Gasteiger partial charge in [0.25, 0.3) is 0 Å². The van der Waals surface area contributed by atoms with Crippen molar-refractivity contribution in [1.82, 2.24) is 5.32 Å². The van der Waals surface area contributed by atoms with Crippen LogP contribution in [0.25, 0.3) is 0 Å². The van der Waals surface area contributed by atoms with E-state index < -0.39 is 0 Å². The van der Waals surface area contributed by atoms with Crippen molar-refractivity contribution in [2.45, 2.75) is 31.9 Å². The first kappa shape index (κ1) is 15.3. The molecule has 1 atom stereocenters. The molecule has 1 heterocycles. The van der Waals surface area contributed by atoms with Crippen LogP contribution in [0.4, 0.5) is 0 Å². The molecule has 1 unspecified atom stereocenters. The number of rotatable bonds is 8. The van der Waals surface area contributed by atoms with Gasteiger partial charge in [0.2, 0.25) is 0 Å². The molecule has 0 radical (unpaired) electrons. The Morgan fingerprint density at radius 1 is 1.40 bits per heavy atom. The van der Waals surface area contributed by atoms with E-state index in [0.717, 1.165) is 44.9 Å². The lowest BCUT2D eigenvalue weighted by Gasteiger charge is -2.26. The van der Waals surface area contributed by atoms with Gasteiger partial charge in [0.15, 0.2) is 0 Å². The Labute approximate surface area is 121 Å². The van der Waals surface area contributed by atoms with Crippen LogP contribution >= 0.6 is 0 Å². The summed E-state index contributed by atoms with van der Waals surface area (Å²) in [5.74, 6) is 0.941. The van der Waals surface area contributed by atoms with Gasteiger partial charge in [-0.25, -0.2) is 0 Å². The molecule has 1 aromatic rings. The van der Waals surface area contributed by atoms with Crippen LogP contribution in [0.1, 0.15) is 25.3 Å². The minimum atomic E-state index is -0.156. The van der Waals surface area contributed by atoms with Crippen LogP contribution in [0.2, 0.25) is 0 Å². The summed E-state index contributed by atoms with van der Waals surface area (Å²) in [4.78, 5) is 0. The maximum atomic E-state index is 5.64. The molecule has 1 saturated heterocycles. The quantitative estimate of drug-likeness (QED) is 0.793. The van der Waals surface area contributed by atoms with Gasteiger partial charge >= 0.3 is 0 Å². The zero-order valence-corrected chi connectivity index (χ0v) is 12.5. The zero-order chi connectivity index (χ0) is 14.3. The van der Waals surface area contributed by atoms with E-state index in [1.807, 2.05) is 12.1 Å². The van der Waals surface area contributed by atoms with E-state index in [1.165, 1.54) is 5.56 Å². The highest BCUT2D eigenvalue weighted by atomic mass is 16.5. The van der Waals surface area contributed by atoms with Gasteiger partial charge in [-0.2, -0.15) is 0 Å². The van der Waals surface area contributed by atoms with Crippen molar-refractivity contribution in [2.24, 2.45) is 0 Å². The fourth-order valence-electron chi connectivity index (χ4n) is 2.36. The molecule has 20 heavy (non-hydrogen) atoms. The van der Waals surface area contributed by atoms with Crippen LogP contribution in [0.15, 0.2) is 24.3 Å². The summed E-state index contributed by atoms with van der Waals surface area (Å²) in [6.45, 7) is 5.96. The van der Waals surface area contributed by atoms with Gasteiger partial charge in [-0.1, -0.05) is 19.1 Å². The first-order valence-electron chi connectivity index (χ1n) is 7.33. The van der Waals surface area contributed by atoms with Crippen molar-refractivity contribution in [3.63, 3.8) is 0 Å². The first-order chi connectivity index (χ1) is 9.78. The number of hydrogen-bond acceptors (Lipinski definition) is 4. The second-order valence-corrected chi connectivity index (χ2v) is 5.29. The summed E-state index contributed by atoms with van der Waals surface area (Å²) in [6, 6.07) is 8.23. The van der Waals surface area contributed by atoms with Gasteiger partial charge in [-0.05, 0) is 24.1 Å². The Morgan fingerprint density at radius 3 is 3.00 bits per heavy atom. The van der Waals surface area contributed by atoms with Crippen molar-refractivity contribution < 1.29 is 14.2 Å². The highest BCUT2D eigenvalue weighted by Crippen LogP contribution is 2.21. The summed E-state index contributed by atoms with van der Waals surface area (Å²) in [5, 5.41) is 3.46. The smallest absolute Gasteiger partial charge is 0.119 e. The fourth-order valence-corrected chi connectivity index (χ4v) is 2.36. The topological polar surface area (TPSA) is 39.7 Å². The zero-order valence-electron chi connectivity index (χ0n) is 12.5. The third-order valence-electron chi connectivity index (χ3n) is 3.65. The first-order valence-corrected chi connectivity index (χ1v) is 7.33. The summed E-state index contributed by atoms with van der Waals surface area (Å²) >= 11 is 0. The van der Waals surface area contributed by atoms with Crippen molar-refractivity contribution in [2.75, 3.05) is 33.5 Å². The molecule has 1 fully saturated rings. The number of methoxy groups -OCH3 is 1. The molecule has 1 aromatic carbocycles. The van der Waals surface area contributed by atoms with Crippen LogP contribution in [-0.2, 0) is 16.0 Å². The van der Waals surface area contributed by atoms with Crippen molar-refractivity contribution >= 4 is 0 Å². The molecule has 0 aromatic heterocycles. The lowest BCUT2D eigenvalue weighted by Crippen LogP contribution is -2.42. The van der Waals surface area contributed by atoms with Gasteiger partial charge in [-0.15, -0.1) is 0 Å². The van der Waals surface area contributed by atoms with Crippen molar-refractivity contribution in [3.8, 4) is 5.75 Å². The van der Waals surface area contributed by atoms with Crippen molar-refractivity contribution in [1.29, 1.82) is 0 Å². The predicted molar refractivity (Wildman–Crippen MR) is 79.1 cm³/mol. The van der Waals surface area contributed by atoms with Crippen LogP contribution in [0.3, 0.4) is 0 Å². The fraction of sp³-hybridized carbons (Fsp3) is 0.625. The molecule has 1 aliphatic heterocycles. The molecule has 0 saturated carbocycles. The van der Waals surface area contributed by atoms with Crippen LogP contribution in [0.5, 0.6) is 5.75 Å². The van der Waals surface area contributed by atoms with E-state index in [-0.39, 0.29) is 5.60 Å². The Morgan fingerprint density at radius 2 is 2.30 bits per heavy atom. The Balaban J connectivity index is 1.81. The van der Waals surface area contributed by atoms with E-state index in [4.69, 9.17) is 14.2 Å². The van der Waals surface area contributed by atoms with E-state index in [2.05, 4.69) is 24.4 Å². The maximum Gasteiger partial charge on any atom is 0.119 e. The average molecular weight is 279 g/mol. The normalized spacial score (nSPS) is 22.1. The van der Waals surface area contributed by atoms with E-state index >= 15 is 0 Å². The minimum absolute atomic E-state index is 0.156. The molecule has 4 heteroatoms. The number of ether oxygens (including phenoxy) is 3. The number of hydrogen-bond donors (Lipinski definition) is 1. The molecule has 2 rings (SSSR count). The predicted octanol–water partition coefficient (Wildman–Crippen LogP) is 2.37. The second kappa shape index (κ2) is 7.62. The Bertz CT molecular complexity index is 402. The standard InChI is InChI=1S/C16H25NO3/c1-3-8-20-15-6-4-5-14(10-15)11-17-12-16(18-2)7-9-19-13-16/h4-6,10,17H,3,7-9,11-13H2,1-2H3. The highest BCUT2D eigenvalue weighted by molar-refractivity contribution is 5.28. The molecule has 1 N–H and O–H groups in total.